The molecule has 4 heteroatoms. The SMILES string of the molecule is CCCCCCCCc1ccc(C2(c3ccc(CCCCCCCC)cc3)C3=c4ccc(=C(C#N)C#N)cc4C(c4ccccc4)(c4ccccc4)C3=c3ccc(=C(C#N)C#N)cc32)cc1. The van der Waals surface area contributed by atoms with Crippen molar-refractivity contribution < 1.29 is 0 Å². The molecule has 0 aliphatic heterocycles. The van der Waals surface area contributed by atoms with Crippen LogP contribution in [0.3, 0.4) is 0 Å². The van der Waals surface area contributed by atoms with E-state index in [9.17, 15) is 21.0 Å². The summed E-state index contributed by atoms with van der Waals surface area (Å²) in [6, 6.07) is 60.8. The zero-order chi connectivity index (χ0) is 45.9. The predicted octanol–water partition coefficient (Wildman–Crippen LogP) is 11.6. The summed E-state index contributed by atoms with van der Waals surface area (Å²) >= 11 is 0. The Morgan fingerprint density at radius 3 is 1.06 bits per heavy atom. The van der Waals surface area contributed by atoms with E-state index in [4.69, 9.17) is 0 Å². The third-order valence-corrected chi connectivity index (χ3v) is 14.2. The maximum absolute atomic E-state index is 10.3. The van der Waals surface area contributed by atoms with Gasteiger partial charge in [0, 0.05) is 10.4 Å². The summed E-state index contributed by atoms with van der Waals surface area (Å²) in [5, 5.41) is 44.4. The maximum Gasteiger partial charge on any atom is 0.136 e. The topological polar surface area (TPSA) is 95.2 Å². The fourth-order valence-electron chi connectivity index (χ4n) is 11.1. The molecule has 0 saturated carbocycles. The number of nitrogens with zero attached hydrogens (tertiary/aromatic N) is 4. The van der Waals surface area contributed by atoms with Crippen LogP contribution in [0.25, 0.3) is 22.3 Å². The molecule has 0 amide bonds. The molecule has 0 spiro atoms. The van der Waals surface area contributed by atoms with Gasteiger partial charge in [-0.1, -0.05) is 212 Å². The maximum atomic E-state index is 10.3. The molecule has 0 unspecified atom stereocenters. The minimum Gasteiger partial charge on any atom is -0.192 e. The van der Waals surface area contributed by atoms with E-state index in [-0.39, 0.29) is 11.1 Å². The normalized spacial score (nSPS) is 13.7. The average molecular weight is 859 g/mol. The third kappa shape index (κ3) is 8.19. The van der Waals surface area contributed by atoms with E-state index < -0.39 is 10.8 Å². The highest BCUT2D eigenvalue weighted by atomic mass is 14.6. The third-order valence-electron chi connectivity index (χ3n) is 14.2. The minimum absolute atomic E-state index is 0.0640. The van der Waals surface area contributed by atoms with Gasteiger partial charge in [-0.2, -0.15) is 21.0 Å². The highest BCUT2D eigenvalue weighted by Crippen LogP contribution is 2.61. The van der Waals surface area contributed by atoms with Crippen molar-refractivity contribution in [3.8, 4) is 24.3 Å². The summed E-state index contributed by atoms with van der Waals surface area (Å²) in [5.74, 6) is 0. The van der Waals surface area contributed by atoms with Gasteiger partial charge in [-0.15, -0.1) is 0 Å². The van der Waals surface area contributed by atoms with Crippen molar-refractivity contribution in [2.24, 2.45) is 0 Å². The van der Waals surface area contributed by atoms with Crippen molar-refractivity contribution in [2.45, 2.75) is 115 Å². The highest BCUT2D eigenvalue weighted by Gasteiger charge is 2.57. The quantitative estimate of drug-likeness (QED) is 0.0804. The molecule has 66 heavy (non-hydrogen) atoms. The Labute approximate surface area is 391 Å². The molecule has 0 radical (unpaired) electrons. The first-order valence-corrected chi connectivity index (χ1v) is 24.2. The average Bonchev–Trinajstić information content (AvgIpc) is 3.84. The first-order chi connectivity index (χ1) is 32.5. The minimum atomic E-state index is -0.896. The van der Waals surface area contributed by atoms with Crippen molar-refractivity contribution in [1.82, 2.24) is 0 Å². The van der Waals surface area contributed by atoms with Crippen molar-refractivity contribution in [3.63, 3.8) is 0 Å². The molecule has 0 N–H and O–H groups in total. The van der Waals surface area contributed by atoms with Crippen LogP contribution in [-0.4, -0.2) is 0 Å². The van der Waals surface area contributed by atoms with Gasteiger partial charge in [0.1, 0.15) is 35.4 Å². The van der Waals surface area contributed by atoms with Crippen LogP contribution >= 0.6 is 0 Å². The molecule has 326 valence electrons. The van der Waals surface area contributed by atoms with Gasteiger partial charge in [0.05, 0.1) is 10.8 Å². The van der Waals surface area contributed by atoms with Gasteiger partial charge < -0.3 is 0 Å². The first kappa shape index (κ1) is 45.3. The largest absolute Gasteiger partial charge is 0.192 e. The van der Waals surface area contributed by atoms with Gasteiger partial charge in [-0.25, -0.2) is 0 Å². The lowest BCUT2D eigenvalue weighted by atomic mass is 9.63. The molecule has 0 atom stereocenters. The van der Waals surface area contributed by atoms with Gasteiger partial charge in [0.15, 0.2) is 0 Å². The first-order valence-electron chi connectivity index (χ1n) is 24.2. The molecule has 0 aromatic heterocycles. The number of hydrogen-bond acceptors (Lipinski definition) is 4. The molecule has 4 nitrogen and oxygen atoms in total. The van der Waals surface area contributed by atoms with E-state index in [2.05, 4.69) is 159 Å². The number of aryl methyl sites for hydroxylation is 2. The molecule has 6 aromatic rings. The molecule has 0 bridgehead atoms. The number of benzene rings is 6. The van der Waals surface area contributed by atoms with Crippen LogP contribution < -0.4 is 20.9 Å². The summed E-state index contributed by atoms with van der Waals surface area (Å²) in [6.45, 7) is 4.52. The summed E-state index contributed by atoms with van der Waals surface area (Å²) in [7, 11) is 0. The van der Waals surface area contributed by atoms with Crippen LogP contribution in [0.15, 0.2) is 146 Å². The summed E-state index contributed by atoms with van der Waals surface area (Å²) in [6.07, 6.45) is 16.9. The molecule has 2 aliphatic carbocycles. The van der Waals surface area contributed by atoms with E-state index >= 15 is 0 Å². The molecule has 6 aromatic carbocycles. The van der Waals surface area contributed by atoms with Gasteiger partial charge in [0.2, 0.25) is 0 Å². The number of hydrogen-bond donors (Lipinski definition) is 0. The zero-order valence-electron chi connectivity index (χ0n) is 38.5. The fourth-order valence-corrected chi connectivity index (χ4v) is 11.1. The smallest absolute Gasteiger partial charge is 0.136 e. The molecular weight excluding hydrogens is 801 g/mol. The highest BCUT2D eigenvalue weighted by molar-refractivity contribution is 6.12. The van der Waals surface area contributed by atoms with E-state index in [1.165, 1.54) is 75.3 Å². The number of nitriles is 4. The molecule has 2 aliphatic rings. The Morgan fingerprint density at radius 1 is 0.379 bits per heavy atom. The Kier molecular flexibility index (Phi) is 14.2. The predicted molar refractivity (Wildman–Crippen MR) is 267 cm³/mol. The van der Waals surface area contributed by atoms with E-state index in [0.717, 1.165) is 80.6 Å². The second-order valence-electron chi connectivity index (χ2n) is 18.1. The van der Waals surface area contributed by atoms with Gasteiger partial charge in [0.25, 0.3) is 0 Å². The lowest BCUT2D eigenvalue weighted by Crippen LogP contribution is -2.36. The molecule has 0 fully saturated rings. The van der Waals surface area contributed by atoms with Crippen molar-refractivity contribution in [3.05, 3.63) is 211 Å². The second-order valence-corrected chi connectivity index (χ2v) is 18.1. The summed E-state index contributed by atoms with van der Waals surface area (Å²) in [4.78, 5) is 0. The number of unbranched alkanes of at least 4 members (excludes halogenated alkanes) is 10. The van der Waals surface area contributed by atoms with Crippen LogP contribution in [0, 0.1) is 45.3 Å². The van der Waals surface area contributed by atoms with Gasteiger partial charge in [-0.3, -0.25) is 0 Å². The lowest BCUT2D eigenvalue weighted by molar-refractivity contribution is 0.607. The monoisotopic (exact) mass is 858 g/mol. The number of fused-ring (bicyclic) bond motifs is 3. The van der Waals surface area contributed by atoms with Crippen LogP contribution in [-0.2, 0) is 23.7 Å². The number of rotatable bonds is 18. The van der Waals surface area contributed by atoms with Crippen molar-refractivity contribution >= 4 is 22.3 Å². The fraction of sp³-hybridized carbons (Fsp3) is 0.290. The van der Waals surface area contributed by atoms with Crippen molar-refractivity contribution in [1.29, 1.82) is 21.0 Å². The molecule has 0 heterocycles. The van der Waals surface area contributed by atoms with E-state index in [1.807, 2.05) is 24.3 Å². The summed E-state index contributed by atoms with van der Waals surface area (Å²) in [5.41, 5.74) is 9.56. The summed E-state index contributed by atoms with van der Waals surface area (Å²) < 4.78 is 0. The van der Waals surface area contributed by atoms with Crippen molar-refractivity contribution in [2.75, 3.05) is 0 Å². The van der Waals surface area contributed by atoms with E-state index in [0.29, 0.717) is 10.4 Å². The second kappa shape index (κ2) is 20.7. The Morgan fingerprint density at radius 2 is 0.712 bits per heavy atom. The molecule has 0 saturated heterocycles. The Balaban J connectivity index is 1.47. The van der Waals surface area contributed by atoms with Gasteiger partial charge >= 0.3 is 0 Å². The lowest BCUT2D eigenvalue weighted by Gasteiger charge is -2.38. The Bertz CT molecular complexity index is 3000. The van der Waals surface area contributed by atoms with Crippen LogP contribution in [0.4, 0.5) is 0 Å². The van der Waals surface area contributed by atoms with Crippen LogP contribution in [0.5, 0.6) is 0 Å². The van der Waals surface area contributed by atoms with Crippen LogP contribution in [0.1, 0.15) is 135 Å². The van der Waals surface area contributed by atoms with Crippen LogP contribution in [0.2, 0.25) is 0 Å². The Hall–Kier alpha value is -7.24. The van der Waals surface area contributed by atoms with E-state index in [1.54, 1.807) is 0 Å². The molecule has 8 rings (SSSR count). The molecular formula is C62H58N4. The standard InChI is InChI=1S/C62H58N4/c1-3-5-7-9-11-15-21-45-27-33-53(34-28-45)62(54-35-29-46(30-36-54)22-16-12-10-8-6-4-2)58-40-48(50(43-65)44-66)32-38-56(58)59-60(62)55-37-31-47(49(41-63)42-64)39-57(55)61(59,51-23-17-13-18-24-51)52-25-19-14-20-26-52/h13-14,17-20,23-40H,3-12,15-16,21-22H2,1-2H3. The zero-order valence-corrected chi connectivity index (χ0v) is 38.5. The van der Waals surface area contributed by atoms with Gasteiger partial charge in [-0.05, 0) is 104 Å².